The number of hydrogen-bond donors (Lipinski definition) is 2. The van der Waals surface area contributed by atoms with Crippen molar-refractivity contribution in [1.29, 1.82) is 0 Å². The van der Waals surface area contributed by atoms with Crippen molar-refractivity contribution in [3.05, 3.63) is 58.1 Å². The Morgan fingerprint density at radius 3 is 2.45 bits per heavy atom. The molecule has 22 heavy (non-hydrogen) atoms. The molecule has 0 aliphatic rings. The molecule has 0 atom stereocenters. The summed E-state index contributed by atoms with van der Waals surface area (Å²) < 4.78 is 0. The highest BCUT2D eigenvalue weighted by atomic mass is 35.5. The third-order valence-electron chi connectivity index (χ3n) is 3.66. The highest BCUT2D eigenvalue weighted by Gasteiger charge is 2.04. The summed E-state index contributed by atoms with van der Waals surface area (Å²) in [6.45, 7) is 6.66. The lowest BCUT2D eigenvalue weighted by Gasteiger charge is -2.11. The van der Waals surface area contributed by atoms with E-state index in [-0.39, 0.29) is 5.91 Å². The van der Waals surface area contributed by atoms with Crippen LogP contribution < -0.4 is 10.6 Å². The van der Waals surface area contributed by atoms with Gasteiger partial charge in [-0.05, 0) is 61.7 Å². The Hall–Kier alpha value is -2.00. The van der Waals surface area contributed by atoms with Gasteiger partial charge in [0.15, 0.2) is 0 Å². The SMILES string of the molecule is Cc1ccc(NC(=O)CCNc2cc(Cl)ccc2C)cc1C. The van der Waals surface area contributed by atoms with Crippen molar-refractivity contribution < 1.29 is 4.79 Å². The quantitative estimate of drug-likeness (QED) is 0.839. The number of carbonyl (C=O) groups excluding carboxylic acids is 1. The van der Waals surface area contributed by atoms with Crippen molar-refractivity contribution in [1.82, 2.24) is 0 Å². The molecule has 0 radical (unpaired) electrons. The average Bonchev–Trinajstić information content (AvgIpc) is 2.46. The van der Waals surface area contributed by atoms with E-state index in [4.69, 9.17) is 11.6 Å². The lowest BCUT2D eigenvalue weighted by molar-refractivity contribution is -0.115. The molecule has 0 saturated carbocycles. The Kier molecular flexibility index (Phi) is 5.45. The minimum Gasteiger partial charge on any atom is -0.384 e. The molecule has 4 heteroatoms. The fourth-order valence-electron chi connectivity index (χ4n) is 2.14. The first-order valence-corrected chi connectivity index (χ1v) is 7.70. The Balaban J connectivity index is 1.85. The Morgan fingerprint density at radius 2 is 1.73 bits per heavy atom. The first-order chi connectivity index (χ1) is 10.5. The van der Waals surface area contributed by atoms with Crippen LogP contribution in [0.4, 0.5) is 11.4 Å². The third kappa shape index (κ3) is 4.50. The molecule has 1 amide bonds. The molecule has 0 saturated heterocycles. The Labute approximate surface area is 136 Å². The van der Waals surface area contributed by atoms with E-state index in [1.807, 2.05) is 50.2 Å². The van der Waals surface area contributed by atoms with Crippen molar-refractivity contribution in [2.75, 3.05) is 17.2 Å². The summed E-state index contributed by atoms with van der Waals surface area (Å²) in [7, 11) is 0. The molecule has 0 spiro atoms. The van der Waals surface area contributed by atoms with Gasteiger partial charge in [0.2, 0.25) is 5.91 Å². The van der Waals surface area contributed by atoms with Crippen LogP contribution in [-0.4, -0.2) is 12.5 Å². The molecular formula is C18H21ClN2O. The number of hydrogen-bond acceptors (Lipinski definition) is 2. The number of amides is 1. The molecule has 2 rings (SSSR count). The molecule has 0 fully saturated rings. The molecule has 0 aliphatic heterocycles. The van der Waals surface area contributed by atoms with Gasteiger partial charge in [-0.1, -0.05) is 23.7 Å². The highest BCUT2D eigenvalue weighted by Crippen LogP contribution is 2.20. The van der Waals surface area contributed by atoms with E-state index in [2.05, 4.69) is 17.6 Å². The largest absolute Gasteiger partial charge is 0.384 e. The van der Waals surface area contributed by atoms with Crippen LogP contribution in [-0.2, 0) is 4.79 Å². The van der Waals surface area contributed by atoms with Crippen LogP contribution in [0.2, 0.25) is 5.02 Å². The summed E-state index contributed by atoms with van der Waals surface area (Å²) in [5.41, 5.74) is 5.30. The Morgan fingerprint density at radius 1 is 1.00 bits per heavy atom. The predicted octanol–water partition coefficient (Wildman–Crippen LogP) is 4.71. The molecule has 0 heterocycles. The van der Waals surface area contributed by atoms with Crippen molar-refractivity contribution >= 4 is 28.9 Å². The van der Waals surface area contributed by atoms with E-state index in [9.17, 15) is 4.79 Å². The first-order valence-electron chi connectivity index (χ1n) is 7.33. The molecule has 2 aromatic rings. The summed E-state index contributed by atoms with van der Waals surface area (Å²) in [4.78, 5) is 12.0. The van der Waals surface area contributed by atoms with Gasteiger partial charge in [0, 0.05) is 29.4 Å². The van der Waals surface area contributed by atoms with Gasteiger partial charge in [0.1, 0.15) is 0 Å². The van der Waals surface area contributed by atoms with E-state index >= 15 is 0 Å². The molecule has 2 N–H and O–H groups in total. The maximum atomic E-state index is 12.0. The average molecular weight is 317 g/mol. The minimum absolute atomic E-state index is 0.00423. The van der Waals surface area contributed by atoms with Gasteiger partial charge in [-0.3, -0.25) is 4.79 Å². The second kappa shape index (κ2) is 7.32. The second-order valence-electron chi connectivity index (χ2n) is 5.48. The zero-order chi connectivity index (χ0) is 16.1. The van der Waals surface area contributed by atoms with Crippen LogP contribution in [0.3, 0.4) is 0 Å². The van der Waals surface area contributed by atoms with E-state index < -0.39 is 0 Å². The zero-order valence-electron chi connectivity index (χ0n) is 13.2. The normalized spacial score (nSPS) is 10.4. The van der Waals surface area contributed by atoms with Gasteiger partial charge in [-0.25, -0.2) is 0 Å². The van der Waals surface area contributed by atoms with Crippen LogP contribution in [0, 0.1) is 20.8 Å². The van der Waals surface area contributed by atoms with Gasteiger partial charge in [0.05, 0.1) is 0 Å². The molecule has 3 nitrogen and oxygen atoms in total. The van der Waals surface area contributed by atoms with Crippen molar-refractivity contribution in [2.24, 2.45) is 0 Å². The summed E-state index contributed by atoms with van der Waals surface area (Å²) in [6, 6.07) is 11.6. The minimum atomic E-state index is -0.00423. The Bertz CT molecular complexity index is 683. The fraction of sp³-hybridized carbons (Fsp3) is 0.278. The van der Waals surface area contributed by atoms with E-state index in [1.165, 1.54) is 11.1 Å². The van der Waals surface area contributed by atoms with Crippen LogP contribution in [0.1, 0.15) is 23.1 Å². The van der Waals surface area contributed by atoms with E-state index in [0.717, 1.165) is 16.9 Å². The maximum Gasteiger partial charge on any atom is 0.226 e. The lowest BCUT2D eigenvalue weighted by atomic mass is 10.1. The summed E-state index contributed by atoms with van der Waals surface area (Å²) in [5.74, 6) is -0.00423. The second-order valence-corrected chi connectivity index (χ2v) is 5.92. The molecule has 0 unspecified atom stereocenters. The van der Waals surface area contributed by atoms with E-state index in [1.54, 1.807) is 0 Å². The molecule has 0 aromatic heterocycles. The van der Waals surface area contributed by atoms with E-state index in [0.29, 0.717) is 18.0 Å². The van der Waals surface area contributed by atoms with Crippen LogP contribution in [0.15, 0.2) is 36.4 Å². The molecule has 0 bridgehead atoms. The lowest BCUT2D eigenvalue weighted by Crippen LogP contribution is -2.16. The highest BCUT2D eigenvalue weighted by molar-refractivity contribution is 6.30. The summed E-state index contributed by atoms with van der Waals surface area (Å²) in [5, 5.41) is 6.85. The molecule has 2 aromatic carbocycles. The van der Waals surface area contributed by atoms with Gasteiger partial charge in [-0.15, -0.1) is 0 Å². The molecule has 116 valence electrons. The van der Waals surface area contributed by atoms with Crippen LogP contribution >= 0.6 is 11.6 Å². The molecular weight excluding hydrogens is 296 g/mol. The van der Waals surface area contributed by atoms with Gasteiger partial charge < -0.3 is 10.6 Å². The fourth-order valence-corrected chi connectivity index (χ4v) is 2.31. The number of carbonyl (C=O) groups is 1. The van der Waals surface area contributed by atoms with Gasteiger partial charge in [0.25, 0.3) is 0 Å². The zero-order valence-corrected chi connectivity index (χ0v) is 13.9. The summed E-state index contributed by atoms with van der Waals surface area (Å²) in [6.07, 6.45) is 0.402. The third-order valence-corrected chi connectivity index (χ3v) is 3.89. The smallest absolute Gasteiger partial charge is 0.226 e. The van der Waals surface area contributed by atoms with Crippen molar-refractivity contribution in [3.8, 4) is 0 Å². The number of halogens is 1. The molecule has 0 aliphatic carbocycles. The van der Waals surface area contributed by atoms with Gasteiger partial charge >= 0.3 is 0 Å². The topological polar surface area (TPSA) is 41.1 Å². The van der Waals surface area contributed by atoms with Crippen molar-refractivity contribution in [2.45, 2.75) is 27.2 Å². The number of aryl methyl sites for hydroxylation is 3. The number of anilines is 2. The van der Waals surface area contributed by atoms with Crippen LogP contribution in [0.5, 0.6) is 0 Å². The maximum absolute atomic E-state index is 12.0. The van der Waals surface area contributed by atoms with Crippen LogP contribution in [0.25, 0.3) is 0 Å². The van der Waals surface area contributed by atoms with Crippen molar-refractivity contribution in [3.63, 3.8) is 0 Å². The first kappa shape index (κ1) is 16.4. The monoisotopic (exact) mass is 316 g/mol. The summed E-state index contributed by atoms with van der Waals surface area (Å²) >= 11 is 5.97. The number of benzene rings is 2. The van der Waals surface area contributed by atoms with Gasteiger partial charge in [-0.2, -0.15) is 0 Å². The standard InChI is InChI=1S/C18H21ClN2O/c1-12-5-7-16(10-14(12)3)21-18(22)8-9-20-17-11-15(19)6-4-13(17)2/h4-7,10-11,20H,8-9H2,1-3H3,(H,21,22). The predicted molar refractivity (Wildman–Crippen MR) is 93.8 cm³/mol. The number of rotatable bonds is 5. The number of nitrogens with one attached hydrogen (secondary N) is 2.